The third-order valence-electron chi connectivity index (χ3n) is 5.04. The predicted molar refractivity (Wildman–Crippen MR) is 119 cm³/mol. The zero-order valence-electron chi connectivity index (χ0n) is 17.3. The molecule has 1 fully saturated rings. The highest BCUT2D eigenvalue weighted by Gasteiger charge is 2.23. The number of nitrogens with two attached hydrogens (primary N) is 1. The molecule has 1 aromatic carbocycles. The van der Waals surface area contributed by atoms with E-state index >= 15 is 0 Å². The number of thiazole rings is 1. The lowest BCUT2D eigenvalue weighted by Crippen LogP contribution is -2.32. The maximum Gasteiger partial charge on any atom is 0.254 e. The number of aromatic nitrogens is 2. The quantitative estimate of drug-likeness (QED) is 0.487. The first-order valence-corrected chi connectivity index (χ1v) is 11.0. The molecule has 3 heterocycles. The Hall–Kier alpha value is -3.86. The van der Waals surface area contributed by atoms with Gasteiger partial charge in [0.25, 0.3) is 5.91 Å². The van der Waals surface area contributed by atoms with Crippen LogP contribution in [0.4, 0.5) is 9.52 Å². The van der Waals surface area contributed by atoms with Gasteiger partial charge in [-0.3, -0.25) is 14.4 Å². The van der Waals surface area contributed by atoms with Gasteiger partial charge in [0.15, 0.2) is 16.7 Å². The molecule has 1 aliphatic rings. The first-order valence-electron chi connectivity index (χ1n) is 10.1. The highest BCUT2D eigenvalue weighted by Crippen LogP contribution is 2.29. The van der Waals surface area contributed by atoms with Gasteiger partial charge in [-0.2, -0.15) is 0 Å². The fourth-order valence-corrected chi connectivity index (χ4v) is 4.23. The summed E-state index contributed by atoms with van der Waals surface area (Å²) < 4.78 is 19.9. The van der Waals surface area contributed by atoms with E-state index in [2.05, 4.69) is 20.6 Å². The number of carbonyl (C=O) groups is 3. The van der Waals surface area contributed by atoms with E-state index in [4.69, 9.17) is 10.5 Å². The maximum atomic E-state index is 14.5. The third kappa shape index (κ3) is 5.50. The van der Waals surface area contributed by atoms with Crippen molar-refractivity contribution in [3.63, 3.8) is 0 Å². The van der Waals surface area contributed by atoms with Crippen molar-refractivity contribution >= 4 is 34.2 Å². The topological polar surface area (TPSA) is 136 Å². The number of piperidine rings is 1. The van der Waals surface area contributed by atoms with Crippen LogP contribution in [0.15, 0.2) is 41.9 Å². The number of amides is 3. The summed E-state index contributed by atoms with van der Waals surface area (Å²) in [4.78, 5) is 43.8. The van der Waals surface area contributed by atoms with Gasteiger partial charge in [-0.15, -0.1) is 11.3 Å². The lowest BCUT2D eigenvalue weighted by atomic mass is 9.95. The number of nitrogens with one attached hydrogen (secondary N) is 2. The molecular formula is C22H20FN5O4S. The van der Waals surface area contributed by atoms with Gasteiger partial charge in [-0.25, -0.2) is 14.4 Å². The number of primary amides is 1. The van der Waals surface area contributed by atoms with Crippen LogP contribution >= 0.6 is 11.3 Å². The number of carbonyl (C=O) groups excluding carboxylic acids is 3. The van der Waals surface area contributed by atoms with E-state index in [1.54, 1.807) is 6.07 Å². The Kier molecular flexibility index (Phi) is 6.59. The van der Waals surface area contributed by atoms with Crippen LogP contribution in [0.2, 0.25) is 0 Å². The zero-order chi connectivity index (χ0) is 23.4. The molecule has 3 aromatic rings. The number of anilines is 1. The molecule has 3 amide bonds. The van der Waals surface area contributed by atoms with Crippen LogP contribution in [0.1, 0.15) is 40.4 Å². The van der Waals surface area contributed by atoms with Gasteiger partial charge in [-0.05, 0) is 36.2 Å². The smallest absolute Gasteiger partial charge is 0.254 e. The van der Waals surface area contributed by atoms with Crippen molar-refractivity contribution in [1.82, 2.24) is 15.3 Å². The standard InChI is InChI=1S/C22H20FN5O4S/c23-15-8-12(3-4-17(15)32-21-14(20(24)31)2-1-6-26-21)9-19(30)28-22-27-16(11-33-22)13-5-7-25-18(29)10-13/h1-4,6,8,11,13H,5,7,9-10H2,(H2,24,31)(H,25,29)(H,27,28,30). The van der Waals surface area contributed by atoms with Gasteiger partial charge in [0.05, 0.1) is 12.1 Å². The van der Waals surface area contributed by atoms with Crippen molar-refractivity contribution in [3.8, 4) is 11.6 Å². The highest BCUT2D eigenvalue weighted by atomic mass is 32.1. The second-order valence-electron chi connectivity index (χ2n) is 7.43. The lowest BCUT2D eigenvalue weighted by molar-refractivity contribution is -0.122. The summed E-state index contributed by atoms with van der Waals surface area (Å²) in [6.45, 7) is 0.609. The van der Waals surface area contributed by atoms with Crippen LogP contribution in [-0.2, 0) is 16.0 Å². The van der Waals surface area contributed by atoms with Crippen molar-refractivity contribution in [2.24, 2.45) is 5.73 Å². The van der Waals surface area contributed by atoms with E-state index in [1.165, 1.54) is 41.8 Å². The number of hydrogen-bond donors (Lipinski definition) is 3. The molecule has 0 bridgehead atoms. The van der Waals surface area contributed by atoms with Crippen molar-refractivity contribution in [1.29, 1.82) is 0 Å². The van der Waals surface area contributed by atoms with Crippen LogP contribution in [0.25, 0.3) is 0 Å². The first kappa shape index (κ1) is 22.3. The molecule has 0 radical (unpaired) electrons. The van der Waals surface area contributed by atoms with Gasteiger partial charge in [0.2, 0.25) is 17.7 Å². The molecule has 0 saturated carbocycles. The molecule has 33 heavy (non-hydrogen) atoms. The molecule has 2 aromatic heterocycles. The van der Waals surface area contributed by atoms with E-state index in [1.807, 2.05) is 5.38 Å². The lowest BCUT2D eigenvalue weighted by Gasteiger charge is -2.20. The Morgan fingerprint density at radius 1 is 1.33 bits per heavy atom. The second-order valence-corrected chi connectivity index (χ2v) is 8.29. The number of benzene rings is 1. The Morgan fingerprint density at radius 2 is 2.18 bits per heavy atom. The van der Waals surface area contributed by atoms with Gasteiger partial charge < -0.3 is 21.1 Å². The Bertz CT molecular complexity index is 1220. The Balaban J connectivity index is 1.38. The zero-order valence-corrected chi connectivity index (χ0v) is 18.2. The number of pyridine rings is 1. The normalized spacial score (nSPS) is 15.5. The Labute approximate surface area is 192 Å². The minimum atomic E-state index is -0.746. The Morgan fingerprint density at radius 3 is 2.94 bits per heavy atom. The van der Waals surface area contributed by atoms with E-state index in [0.717, 1.165) is 12.1 Å². The van der Waals surface area contributed by atoms with Crippen LogP contribution < -0.4 is 21.1 Å². The summed E-state index contributed by atoms with van der Waals surface area (Å²) in [7, 11) is 0. The number of ether oxygens (including phenoxy) is 1. The van der Waals surface area contributed by atoms with E-state index in [0.29, 0.717) is 23.7 Å². The van der Waals surface area contributed by atoms with Gasteiger partial charge in [-0.1, -0.05) is 6.07 Å². The number of nitrogens with zero attached hydrogens (tertiary/aromatic N) is 2. The molecule has 170 valence electrons. The molecule has 4 N–H and O–H groups in total. The van der Waals surface area contributed by atoms with Crippen molar-refractivity contribution in [2.75, 3.05) is 11.9 Å². The van der Waals surface area contributed by atoms with E-state index in [-0.39, 0.29) is 41.3 Å². The van der Waals surface area contributed by atoms with Crippen molar-refractivity contribution in [3.05, 3.63) is 64.5 Å². The molecular weight excluding hydrogens is 449 g/mol. The first-order chi connectivity index (χ1) is 15.9. The molecule has 0 spiro atoms. The molecule has 1 unspecified atom stereocenters. The van der Waals surface area contributed by atoms with Gasteiger partial charge >= 0.3 is 0 Å². The molecule has 1 saturated heterocycles. The molecule has 1 atom stereocenters. The minimum Gasteiger partial charge on any atom is -0.435 e. The molecule has 0 aliphatic carbocycles. The fourth-order valence-electron chi connectivity index (χ4n) is 3.42. The summed E-state index contributed by atoms with van der Waals surface area (Å²) in [5.41, 5.74) is 6.51. The SMILES string of the molecule is NC(=O)c1cccnc1Oc1ccc(CC(=O)Nc2nc(C3CCNC(=O)C3)cs2)cc1F. The largest absolute Gasteiger partial charge is 0.435 e. The van der Waals surface area contributed by atoms with E-state index in [9.17, 15) is 18.8 Å². The summed E-state index contributed by atoms with van der Waals surface area (Å²) >= 11 is 1.28. The summed E-state index contributed by atoms with van der Waals surface area (Å²) in [6, 6.07) is 7.01. The van der Waals surface area contributed by atoms with E-state index < -0.39 is 11.7 Å². The molecule has 9 nitrogen and oxygen atoms in total. The number of hydrogen-bond acceptors (Lipinski definition) is 7. The van der Waals surface area contributed by atoms with Crippen molar-refractivity contribution < 1.29 is 23.5 Å². The van der Waals surface area contributed by atoms with Crippen LogP contribution in [-0.4, -0.2) is 34.2 Å². The number of halogens is 1. The second kappa shape index (κ2) is 9.74. The summed E-state index contributed by atoms with van der Waals surface area (Å²) in [5, 5.41) is 7.75. The minimum absolute atomic E-state index is 0.00631. The average Bonchev–Trinajstić information content (AvgIpc) is 3.24. The average molecular weight is 469 g/mol. The highest BCUT2D eigenvalue weighted by molar-refractivity contribution is 7.13. The van der Waals surface area contributed by atoms with Crippen LogP contribution in [0, 0.1) is 5.82 Å². The molecule has 4 rings (SSSR count). The van der Waals surface area contributed by atoms with Gasteiger partial charge in [0, 0.05) is 30.5 Å². The predicted octanol–water partition coefficient (Wildman–Crippen LogP) is 2.74. The molecule has 11 heteroatoms. The third-order valence-corrected chi connectivity index (χ3v) is 5.81. The summed E-state index contributed by atoms with van der Waals surface area (Å²) in [6.07, 6.45) is 2.50. The van der Waals surface area contributed by atoms with Crippen molar-refractivity contribution in [2.45, 2.75) is 25.2 Å². The molecule has 1 aliphatic heterocycles. The monoisotopic (exact) mass is 469 g/mol. The maximum absolute atomic E-state index is 14.5. The van der Waals surface area contributed by atoms with Crippen LogP contribution in [0.5, 0.6) is 11.6 Å². The summed E-state index contributed by atoms with van der Waals surface area (Å²) in [5.74, 6) is -2.04. The van der Waals surface area contributed by atoms with Crippen LogP contribution in [0.3, 0.4) is 0 Å². The van der Waals surface area contributed by atoms with Gasteiger partial charge in [0.1, 0.15) is 5.56 Å². The fraction of sp³-hybridized carbons (Fsp3) is 0.227. The number of rotatable bonds is 7.